The average Bonchev–Trinajstić information content (AvgIpc) is 2.66. The van der Waals surface area contributed by atoms with E-state index in [0.717, 1.165) is 30.6 Å². The van der Waals surface area contributed by atoms with Gasteiger partial charge in [0.1, 0.15) is 5.75 Å². The zero-order valence-electron chi connectivity index (χ0n) is 14.3. The van der Waals surface area contributed by atoms with Crippen LogP contribution in [0.15, 0.2) is 48.5 Å². The Bertz CT molecular complexity index is 759. The van der Waals surface area contributed by atoms with Crippen molar-refractivity contribution in [3.8, 4) is 5.75 Å². The van der Waals surface area contributed by atoms with E-state index in [1.165, 1.54) is 0 Å². The molecule has 1 aliphatic heterocycles. The molecule has 1 heterocycles. The van der Waals surface area contributed by atoms with E-state index in [-0.39, 0.29) is 18.4 Å². The molecule has 0 atom stereocenters. The maximum Gasteiger partial charge on any atom is 0.262 e. The fourth-order valence-corrected chi connectivity index (χ4v) is 2.96. The lowest BCUT2D eigenvalue weighted by atomic mass is 10.0. The number of para-hydroxylation sites is 1. The fraction of sp³-hybridized carbons (Fsp3) is 0.300. The number of benzene rings is 2. The number of hydrogen-bond acceptors (Lipinski definition) is 3. The van der Waals surface area contributed by atoms with E-state index in [2.05, 4.69) is 5.32 Å². The Hall–Kier alpha value is -2.82. The predicted molar refractivity (Wildman–Crippen MR) is 98.0 cm³/mol. The van der Waals surface area contributed by atoms with Crippen molar-refractivity contribution in [3.05, 3.63) is 54.1 Å². The number of carbonyl (C=O) groups excluding carboxylic acids is 2. The molecule has 0 radical (unpaired) electrons. The van der Waals surface area contributed by atoms with Gasteiger partial charge in [-0.3, -0.25) is 9.59 Å². The summed E-state index contributed by atoms with van der Waals surface area (Å²) in [5.41, 5.74) is 2.72. The molecule has 2 amide bonds. The van der Waals surface area contributed by atoms with Crippen LogP contribution in [0.2, 0.25) is 0 Å². The molecule has 1 aliphatic rings. The highest BCUT2D eigenvalue weighted by molar-refractivity contribution is 5.97. The van der Waals surface area contributed by atoms with Gasteiger partial charge < -0.3 is 15.0 Å². The molecule has 3 rings (SSSR count). The summed E-state index contributed by atoms with van der Waals surface area (Å²) in [4.78, 5) is 26.1. The highest BCUT2D eigenvalue weighted by Gasteiger charge is 2.21. The second kappa shape index (κ2) is 7.83. The number of nitrogens with one attached hydrogen (secondary N) is 1. The molecule has 25 heavy (non-hydrogen) atoms. The van der Waals surface area contributed by atoms with Crippen LogP contribution in [0.25, 0.3) is 0 Å². The summed E-state index contributed by atoms with van der Waals surface area (Å²) in [5.74, 6) is 0.535. The van der Waals surface area contributed by atoms with E-state index in [9.17, 15) is 9.59 Å². The van der Waals surface area contributed by atoms with Gasteiger partial charge in [0.15, 0.2) is 6.61 Å². The van der Waals surface area contributed by atoms with Gasteiger partial charge in [-0.25, -0.2) is 0 Å². The van der Waals surface area contributed by atoms with Crippen molar-refractivity contribution in [2.75, 3.05) is 23.4 Å². The molecule has 1 N–H and O–H groups in total. The Kier molecular flexibility index (Phi) is 5.33. The smallest absolute Gasteiger partial charge is 0.262 e. The van der Waals surface area contributed by atoms with E-state index >= 15 is 0 Å². The van der Waals surface area contributed by atoms with Crippen molar-refractivity contribution in [1.29, 1.82) is 0 Å². The normalized spacial score (nSPS) is 13.1. The number of hydrogen-bond donors (Lipinski definition) is 1. The number of fused-ring (bicyclic) bond motifs is 1. The van der Waals surface area contributed by atoms with Gasteiger partial charge in [0.25, 0.3) is 5.91 Å². The van der Waals surface area contributed by atoms with E-state index in [4.69, 9.17) is 4.74 Å². The molecule has 0 aromatic heterocycles. The molecule has 0 bridgehead atoms. The molecule has 2 aromatic rings. The summed E-state index contributed by atoms with van der Waals surface area (Å²) >= 11 is 0. The zero-order chi connectivity index (χ0) is 17.6. The van der Waals surface area contributed by atoms with Crippen LogP contribution in [-0.2, 0) is 16.0 Å². The number of aryl methyl sites for hydroxylation is 1. The zero-order valence-corrected chi connectivity index (χ0v) is 14.3. The SMILES string of the molecule is CCC(=O)N1CCCc2ccc(NC(=O)COc3ccccc3)cc21. The lowest BCUT2D eigenvalue weighted by Gasteiger charge is -2.29. The maximum atomic E-state index is 12.1. The topological polar surface area (TPSA) is 58.6 Å². The lowest BCUT2D eigenvalue weighted by molar-refractivity contribution is -0.119. The number of amides is 2. The number of carbonyl (C=O) groups is 2. The minimum absolute atomic E-state index is 0.0568. The minimum Gasteiger partial charge on any atom is -0.484 e. The van der Waals surface area contributed by atoms with E-state index in [1.54, 1.807) is 12.1 Å². The van der Waals surface area contributed by atoms with Crippen molar-refractivity contribution in [1.82, 2.24) is 0 Å². The molecule has 5 heteroatoms. The van der Waals surface area contributed by atoms with E-state index in [1.807, 2.05) is 48.2 Å². The summed E-state index contributed by atoms with van der Waals surface area (Å²) in [5, 5.41) is 2.84. The molecular formula is C20H22N2O3. The van der Waals surface area contributed by atoms with Crippen LogP contribution >= 0.6 is 0 Å². The maximum absolute atomic E-state index is 12.1. The molecule has 5 nitrogen and oxygen atoms in total. The van der Waals surface area contributed by atoms with Crippen LogP contribution in [0.5, 0.6) is 5.75 Å². The van der Waals surface area contributed by atoms with Crippen molar-refractivity contribution in [2.24, 2.45) is 0 Å². The third kappa shape index (κ3) is 4.18. The summed E-state index contributed by atoms with van der Waals surface area (Å²) in [6.07, 6.45) is 2.39. The van der Waals surface area contributed by atoms with Crippen LogP contribution in [0, 0.1) is 0 Å². The van der Waals surface area contributed by atoms with Crippen molar-refractivity contribution in [3.63, 3.8) is 0 Å². The average molecular weight is 338 g/mol. The molecule has 0 aliphatic carbocycles. The lowest BCUT2D eigenvalue weighted by Crippen LogP contribution is -2.35. The molecule has 2 aromatic carbocycles. The Labute approximate surface area is 147 Å². The second-order valence-corrected chi connectivity index (χ2v) is 6.00. The Balaban J connectivity index is 1.67. The number of rotatable bonds is 5. The summed E-state index contributed by atoms with van der Waals surface area (Å²) in [6.45, 7) is 2.54. The highest BCUT2D eigenvalue weighted by Crippen LogP contribution is 2.30. The molecule has 0 saturated heterocycles. The monoisotopic (exact) mass is 338 g/mol. The van der Waals surface area contributed by atoms with Crippen molar-refractivity contribution < 1.29 is 14.3 Å². The highest BCUT2D eigenvalue weighted by atomic mass is 16.5. The van der Waals surface area contributed by atoms with Crippen LogP contribution in [0.4, 0.5) is 11.4 Å². The van der Waals surface area contributed by atoms with Crippen molar-refractivity contribution >= 4 is 23.2 Å². The second-order valence-electron chi connectivity index (χ2n) is 6.00. The first-order valence-corrected chi connectivity index (χ1v) is 8.58. The van der Waals surface area contributed by atoms with Crippen LogP contribution in [0.3, 0.4) is 0 Å². The van der Waals surface area contributed by atoms with Gasteiger partial charge in [-0.05, 0) is 42.7 Å². The van der Waals surface area contributed by atoms with Gasteiger partial charge >= 0.3 is 0 Å². The molecule has 0 unspecified atom stereocenters. The third-order valence-electron chi connectivity index (χ3n) is 4.20. The van der Waals surface area contributed by atoms with E-state index < -0.39 is 0 Å². The largest absolute Gasteiger partial charge is 0.484 e. The van der Waals surface area contributed by atoms with Gasteiger partial charge in [0.05, 0.1) is 0 Å². The van der Waals surface area contributed by atoms with Gasteiger partial charge in [0.2, 0.25) is 5.91 Å². The van der Waals surface area contributed by atoms with Gasteiger partial charge in [-0.1, -0.05) is 31.2 Å². The van der Waals surface area contributed by atoms with Gasteiger partial charge in [-0.15, -0.1) is 0 Å². The fourth-order valence-electron chi connectivity index (χ4n) is 2.96. The first-order chi connectivity index (χ1) is 12.2. The number of nitrogens with zero attached hydrogens (tertiary/aromatic N) is 1. The first-order valence-electron chi connectivity index (χ1n) is 8.58. The van der Waals surface area contributed by atoms with Gasteiger partial charge in [0, 0.05) is 24.3 Å². The number of anilines is 2. The standard InChI is InChI=1S/C20H22N2O3/c1-2-20(24)22-12-6-7-15-10-11-16(13-18(15)22)21-19(23)14-25-17-8-4-3-5-9-17/h3-5,8-11,13H,2,6-7,12,14H2,1H3,(H,21,23). The quantitative estimate of drug-likeness (QED) is 0.909. The van der Waals surface area contributed by atoms with Gasteiger partial charge in [-0.2, -0.15) is 0 Å². The van der Waals surface area contributed by atoms with Crippen molar-refractivity contribution in [2.45, 2.75) is 26.2 Å². The third-order valence-corrected chi connectivity index (χ3v) is 4.20. The Morgan fingerprint density at radius 3 is 2.72 bits per heavy atom. The summed E-state index contributed by atoms with van der Waals surface area (Å²) < 4.78 is 5.45. The summed E-state index contributed by atoms with van der Waals surface area (Å²) in [6, 6.07) is 15.0. The molecule has 0 spiro atoms. The first kappa shape index (κ1) is 17.0. The Morgan fingerprint density at radius 2 is 1.96 bits per heavy atom. The molecule has 0 saturated carbocycles. The van der Waals surface area contributed by atoms with Crippen LogP contribution in [-0.4, -0.2) is 25.0 Å². The Morgan fingerprint density at radius 1 is 1.16 bits per heavy atom. The summed E-state index contributed by atoms with van der Waals surface area (Å²) in [7, 11) is 0. The minimum atomic E-state index is -0.229. The predicted octanol–water partition coefficient (Wildman–Crippen LogP) is 3.39. The van der Waals surface area contributed by atoms with E-state index in [0.29, 0.717) is 17.9 Å². The number of ether oxygens (including phenoxy) is 1. The molecular weight excluding hydrogens is 316 g/mol. The van der Waals surface area contributed by atoms with Crippen LogP contribution in [0.1, 0.15) is 25.3 Å². The molecule has 0 fully saturated rings. The van der Waals surface area contributed by atoms with Crippen LogP contribution < -0.4 is 15.0 Å². The molecule has 130 valence electrons.